The van der Waals surface area contributed by atoms with E-state index in [1.165, 1.54) is 17.7 Å². The van der Waals surface area contributed by atoms with Gasteiger partial charge >= 0.3 is 5.97 Å². The number of rotatable bonds is 10. The van der Waals surface area contributed by atoms with Crippen LogP contribution in [0.15, 0.2) is 30.3 Å². The number of aliphatic carboxylic acids is 1. The van der Waals surface area contributed by atoms with Crippen LogP contribution in [-0.2, 0) is 31.8 Å². The molecule has 3 atom stereocenters. The second-order valence-electron chi connectivity index (χ2n) is 12.5. The first kappa shape index (κ1) is 29.5. The summed E-state index contributed by atoms with van der Waals surface area (Å²) in [5.41, 5.74) is 3.85. The Balaban J connectivity index is 1.02. The van der Waals surface area contributed by atoms with Gasteiger partial charge in [-0.05, 0) is 105 Å². The molecule has 4 aliphatic rings. The molecule has 4 aliphatic heterocycles. The fourth-order valence-corrected chi connectivity index (χ4v) is 7.17. The van der Waals surface area contributed by atoms with Gasteiger partial charge in [-0.3, -0.25) is 9.69 Å². The molecule has 2 aromatic rings. The highest BCUT2D eigenvalue weighted by molar-refractivity contribution is 5.76. The van der Waals surface area contributed by atoms with Crippen molar-refractivity contribution in [1.82, 2.24) is 9.88 Å². The molecular formula is C33H44FN3O5. The topological polar surface area (TPSA) is 93.2 Å². The number of anilines is 1. The molecule has 0 radical (unpaired) electrons. The summed E-state index contributed by atoms with van der Waals surface area (Å²) in [6, 6.07) is 7.94. The van der Waals surface area contributed by atoms with Crippen LogP contribution >= 0.6 is 0 Å². The van der Waals surface area contributed by atoms with E-state index in [2.05, 4.69) is 17.4 Å². The summed E-state index contributed by atoms with van der Waals surface area (Å²) >= 11 is 0. The summed E-state index contributed by atoms with van der Waals surface area (Å²) in [7, 11) is 0. The Labute approximate surface area is 247 Å². The molecule has 0 amide bonds. The molecule has 6 rings (SSSR count). The van der Waals surface area contributed by atoms with Crippen molar-refractivity contribution in [2.24, 2.45) is 5.41 Å². The average molecular weight is 582 g/mol. The van der Waals surface area contributed by atoms with Gasteiger partial charge in [-0.25, -0.2) is 9.37 Å². The number of carboxylic acid groups (broad SMARTS) is 1. The SMILES string of the molecule is O=C(O)C(c1cc(F)ccc1C1CCC2(CCOCC2)CO1)N1CCC(OCCCCc2ccc3c(n2)NCCC3)C1. The van der Waals surface area contributed by atoms with Crippen LogP contribution in [0.3, 0.4) is 0 Å². The molecule has 2 N–H and O–H groups in total. The van der Waals surface area contributed by atoms with E-state index in [0.717, 1.165) is 101 Å². The fraction of sp³-hybridized carbons (Fsp3) is 0.636. The summed E-state index contributed by atoms with van der Waals surface area (Å²) in [6.07, 6.45) is 9.37. The Hall–Kier alpha value is -2.59. The molecule has 5 heterocycles. The van der Waals surface area contributed by atoms with E-state index >= 15 is 0 Å². The van der Waals surface area contributed by atoms with Crippen LogP contribution in [-0.4, -0.2) is 73.1 Å². The number of ether oxygens (including phenoxy) is 3. The highest BCUT2D eigenvalue weighted by Gasteiger charge is 2.41. The number of hydrogen-bond donors (Lipinski definition) is 2. The number of fused-ring (bicyclic) bond motifs is 1. The normalized spacial score (nSPS) is 24.7. The van der Waals surface area contributed by atoms with Crippen LogP contribution in [0.5, 0.6) is 0 Å². The van der Waals surface area contributed by atoms with Gasteiger partial charge in [0.25, 0.3) is 0 Å². The number of carbonyl (C=O) groups is 1. The summed E-state index contributed by atoms with van der Waals surface area (Å²) in [4.78, 5) is 19.3. The third-order valence-electron chi connectivity index (χ3n) is 9.68. The lowest BCUT2D eigenvalue weighted by atomic mass is 9.74. The molecule has 1 aromatic heterocycles. The van der Waals surface area contributed by atoms with Gasteiger partial charge in [0.05, 0.1) is 18.8 Å². The van der Waals surface area contributed by atoms with Gasteiger partial charge in [-0.2, -0.15) is 0 Å². The molecule has 1 spiro atoms. The van der Waals surface area contributed by atoms with Gasteiger partial charge in [0.2, 0.25) is 0 Å². The molecular weight excluding hydrogens is 537 g/mol. The third-order valence-corrected chi connectivity index (χ3v) is 9.68. The number of carboxylic acids is 1. The van der Waals surface area contributed by atoms with Crippen molar-refractivity contribution in [2.45, 2.75) is 82.5 Å². The number of unbranched alkanes of at least 4 members (excludes halogenated alkanes) is 1. The van der Waals surface area contributed by atoms with Crippen LogP contribution < -0.4 is 5.32 Å². The van der Waals surface area contributed by atoms with E-state index < -0.39 is 17.8 Å². The number of nitrogens with zero attached hydrogens (tertiary/aromatic N) is 2. The quantitative estimate of drug-likeness (QED) is 0.357. The summed E-state index contributed by atoms with van der Waals surface area (Å²) in [5.74, 6) is -0.354. The zero-order chi connectivity index (χ0) is 28.9. The van der Waals surface area contributed by atoms with Gasteiger partial charge in [0.15, 0.2) is 0 Å². The first-order chi connectivity index (χ1) is 20.5. The predicted molar refractivity (Wildman–Crippen MR) is 157 cm³/mol. The first-order valence-corrected chi connectivity index (χ1v) is 15.8. The third kappa shape index (κ3) is 6.80. The lowest BCUT2D eigenvalue weighted by molar-refractivity contribution is -0.143. The minimum atomic E-state index is -0.966. The molecule has 228 valence electrons. The van der Waals surface area contributed by atoms with Crippen LogP contribution in [0.4, 0.5) is 10.2 Å². The van der Waals surface area contributed by atoms with Crippen molar-refractivity contribution in [2.75, 3.05) is 51.4 Å². The number of hydrogen-bond acceptors (Lipinski definition) is 7. The smallest absolute Gasteiger partial charge is 0.325 e. The highest BCUT2D eigenvalue weighted by Crippen LogP contribution is 2.45. The molecule has 9 heteroatoms. The largest absolute Gasteiger partial charge is 0.480 e. The first-order valence-electron chi connectivity index (χ1n) is 15.8. The Bertz CT molecular complexity index is 1230. The molecule has 1 aromatic carbocycles. The number of nitrogens with one attached hydrogen (secondary N) is 1. The van der Waals surface area contributed by atoms with E-state index in [4.69, 9.17) is 19.2 Å². The van der Waals surface area contributed by atoms with Gasteiger partial charge in [0.1, 0.15) is 17.7 Å². The van der Waals surface area contributed by atoms with Crippen LogP contribution in [0.25, 0.3) is 0 Å². The van der Waals surface area contributed by atoms with Crippen LogP contribution in [0.1, 0.15) is 85.9 Å². The average Bonchev–Trinajstić information content (AvgIpc) is 3.46. The highest BCUT2D eigenvalue weighted by atomic mass is 19.1. The monoisotopic (exact) mass is 581 g/mol. The van der Waals surface area contributed by atoms with Crippen molar-refractivity contribution in [3.05, 3.63) is 58.5 Å². The number of aromatic nitrogens is 1. The molecule has 0 saturated carbocycles. The summed E-state index contributed by atoms with van der Waals surface area (Å²) in [6.45, 7) is 4.89. The van der Waals surface area contributed by atoms with Crippen molar-refractivity contribution in [3.63, 3.8) is 0 Å². The molecule has 3 unspecified atom stereocenters. The molecule has 8 nitrogen and oxygen atoms in total. The maximum Gasteiger partial charge on any atom is 0.325 e. The number of benzene rings is 1. The van der Waals surface area contributed by atoms with Gasteiger partial charge < -0.3 is 24.6 Å². The van der Waals surface area contributed by atoms with Crippen molar-refractivity contribution < 1.29 is 28.5 Å². The molecule has 3 fully saturated rings. The Kier molecular flexibility index (Phi) is 9.38. The van der Waals surface area contributed by atoms with Crippen molar-refractivity contribution in [3.8, 4) is 0 Å². The number of pyridine rings is 1. The number of aryl methyl sites for hydroxylation is 2. The van der Waals surface area contributed by atoms with Crippen molar-refractivity contribution >= 4 is 11.8 Å². The van der Waals surface area contributed by atoms with E-state index in [0.29, 0.717) is 31.9 Å². The van der Waals surface area contributed by atoms with Gasteiger partial charge in [0, 0.05) is 45.1 Å². The summed E-state index contributed by atoms with van der Waals surface area (Å²) in [5, 5.41) is 13.7. The molecule has 42 heavy (non-hydrogen) atoms. The van der Waals surface area contributed by atoms with Crippen molar-refractivity contribution in [1.29, 1.82) is 0 Å². The lowest BCUT2D eigenvalue weighted by Gasteiger charge is -2.43. The maximum absolute atomic E-state index is 14.5. The van der Waals surface area contributed by atoms with Crippen LogP contribution in [0.2, 0.25) is 0 Å². The lowest BCUT2D eigenvalue weighted by Crippen LogP contribution is -2.39. The van der Waals surface area contributed by atoms with E-state index in [-0.39, 0.29) is 17.6 Å². The fourth-order valence-electron chi connectivity index (χ4n) is 7.17. The van der Waals surface area contributed by atoms with E-state index in [1.807, 2.05) is 4.90 Å². The number of likely N-dealkylation sites (tertiary alicyclic amines) is 1. The minimum Gasteiger partial charge on any atom is -0.480 e. The van der Waals surface area contributed by atoms with Gasteiger partial charge in [-0.15, -0.1) is 0 Å². The second-order valence-corrected chi connectivity index (χ2v) is 12.5. The molecule has 3 saturated heterocycles. The zero-order valence-corrected chi connectivity index (χ0v) is 24.5. The van der Waals surface area contributed by atoms with E-state index in [9.17, 15) is 14.3 Å². The Morgan fingerprint density at radius 2 is 2.07 bits per heavy atom. The minimum absolute atomic E-state index is 0.0331. The number of halogens is 1. The maximum atomic E-state index is 14.5. The van der Waals surface area contributed by atoms with Crippen LogP contribution in [0, 0.1) is 11.2 Å². The predicted octanol–water partition coefficient (Wildman–Crippen LogP) is 5.47. The molecule has 0 bridgehead atoms. The summed E-state index contributed by atoms with van der Waals surface area (Å²) < 4.78 is 32.6. The van der Waals surface area contributed by atoms with E-state index in [1.54, 1.807) is 6.07 Å². The Morgan fingerprint density at radius 3 is 2.88 bits per heavy atom. The molecule has 0 aliphatic carbocycles. The Morgan fingerprint density at radius 1 is 1.19 bits per heavy atom. The van der Waals surface area contributed by atoms with Gasteiger partial charge in [-0.1, -0.05) is 12.1 Å². The standard InChI is InChI=1S/C33H44FN3O5/c34-24-7-9-27(29-10-12-33(22-42-29)13-18-40-19-14-33)28(20-24)30(32(38)39)37-16-11-26(21-37)41-17-2-1-5-25-8-6-23-4-3-15-35-31(23)36-25/h6-9,20,26,29-30H,1-5,10-19,21-22H2,(H,35,36)(H,38,39). The zero-order valence-electron chi connectivity index (χ0n) is 24.5. The second kappa shape index (κ2) is 13.4.